The fraction of sp³-hybridized carbons (Fsp3) is 0.379. The van der Waals surface area contributed by atoms with E-state index < -0.39 is 20.2 Å². The number of fused-ring (bicyclic) bond motifs is 1. The number of hydrogen-bond donors (Lipinski definition) is 1. The van der Waals surface area contributed by atoms with Crippen molar-refractivity contribution >= 4 is 19.0 Å². The first-order valence-electron chi connectivity index (χ1n) is 13.3. The third-order valence-corrected chi connectivity index (χ3v) is 8.39. The van der Waals surface area contributed by atoms with Gasteiger partial charge in [-0.1, -0.05) is 50.0 Å². The number of benzene rings is 2. The van der Waals surface area contributed by atoms with E-state index in [1.54, 1.807) is 22.9 Å². The molecule has 0 unspecified atom stereocenters. The topological polar surface area (TPSA) is 87.7 Å². The molecule has 1 N–H and O–H groups in total. The summed E-state index contributed by atoms with van der Waals surface area (Å²) in [6, 6.07) is 14.9. The Balaban J connectivity index is 1.60. The molecule has 11 heteroatoms. The highest BCUT2D eigenvalue weighted by Gasteiger charge is 2.28. The molecule has 0 saturated heterocycles. The Morgan fingerprint density at radius 3 is 2.52 bits per heavy atom. The Hall–Kier alpha value is -3.70. The highest BCUT2D eigenvalue weighted by molar-refractivity contribution is 6.76. The average molecular weight is 570 g/mol. The average Bonchev–Trinajstić information content (AvgIpc) is 3.67. The van der Waals surface area contributed by atoms with Crippen LogP contribution in [0.25, 0.3) is 22.2 Å². The van der Waals surface area contributed by atoms with Crippen molar-refractivity contribution in [3.63, 3.8) is 0 Å². The van der Waals surface area contributed by atoms with Gasteiger partial charge in [-0.15, -0.1) is 0 Å². The Bertz CT molecular complexity index is 1550. The molecule has 1 saturated carbocycles. The van der Waals surface area contributed by atoms with Gasteiger partial charge in [-0.25, -0.2) is 4.68 Å². The van der Waals surface area contributed by atoms with Crippen LogP contribution in [0.3, 0.4) is 0 Å². The predicted molar refractivity (Wildman–Crippen MR) is 151 cm³/mol. The van der Waals surface area contributed by atoms with E-state index in [0.29, 0.717) is 23.4 Å². The number of nitrogens with zero attached hydrogens (tertiary/aromatic N) is 3. The van der Waals surface area contributed by atoms with Crippen LogP contribution < -0.4 is 15.0 Å². The summed E-state index contributed by atoms with van der Waals surface area (Å²) in [4.78, 5) is 13.6. The van der Waals surface area contributed by atoms with Crippen LogP contribution in [0.15, 0.2) is 59.5 Å². The van der Waals surface area contributed by atoms with Crippen molar-refractivity contribution in [3.8, 4) is 28.5 Å². The second-order valence-corrected chi connectivity index (χ2v) is 16.8. The van der Waals surface area contributed by atoms with E-state index >= 15 is 0 Å². The van der Waals surface area contributed by atoms with E-state index in [1.165, 1.54) is 10.7 Å². The van der Waals surface area contributed by atoms with Gasteiger partial charge < -0.3 is 23.9 Å². The second-order valence-electron chi connectivity index (χ2n) is 11.2. The zero-order chi connectivity index (χ0) is 28.4. The van der Waals surface area contributed by atoms with Crippen LogP contribution in [0.4, 0.5) is 8.78 Å². The van der Waals surface area contributed by atoms with Crippen molar-refractivity contribution in [1.29, 1.82) is 0 Å². The Morgan fingerprint density at radius 2 is 1.85 bits per heavy atom. The van der Waals surface area contributed by atoms with Gasteiger partial charge in [-0.2, -0.15) is 13.9 Å². The highest BCUT2D eigenvalue weighted by atomic mass is 28.3. The Labute approximate surface area is 231 Å². The molecule has 1 fully saturated rings. The predicted octanol–water partition coefficient (Wildman–Crippen LogP) is 6.07. The van der Waals surface area contributed by atoms with Crippen LogP contribution in [-0.4, -0.2) is 46.9 Å². The summed E-state index contributed by atoms with van der Waals surface area (Å²) in [5.41, 5.74) is 1.62. The third kappa shape index (κ3) is 6.36. The smallest absolute Gasteiger partial charge is 0.387 e. The standard InChI is InChI=1S/C29H33F2N3O5Si/c1-40(2,3)14-13-37-18-33-22-16-32-34(17-19-7-5-4-6-8-19)28(36)25(22)27(35)26(33)20-9-12-23(39-29(30)31)24(15-20)38-21-10-11-21/h4-9,12,15-16,21,29,35H,10-11,13-14,17-18H2,1-3H3. The number of alkyl halides is 2. The highest BCUT2D eigenvalue weighted by Crippen LogP contribution is 2.42. The molecule has 2 heterocycles. The number of aromatic hydroxyl groups is 1. The Kier molecular flexibility index (Phi) is 7.95. The van der Waals surface area contributed by atoms with Gasteiger partial charge in [-0.3, -0.25) is 4.79 Å². The number of aromatic nitrogens is 3. The molecule has 0 atom stereocenters. The van der Waals surface area contributed by atoms with E-state index in [-0.39, 0.29) is 42.0 Å². The number of ether oxygens (including phenoxy) is 3. The molecule has 40 heavy (non-hydrogen) atoms. The van der Waals surface area contributed by atoms with Crippen LogP contribution in [-0.2, 0) is 18.0 Å². The molecule has 0 aliphatic heterocycles. The van der Waals surface area contributed by atoms with E-state index in [2.05, 4.69) is 29.5 Å². The van der Waals surface area contributed by atoms with Crippen molar-refractivity contribution in [2.24, 2.45) is 0 Å². The van der Waals surface area contributed by atoms with E-state index in [9.17, 15) is 18.7 Å². The number of rotatable bonds is 12. The van der Waals surface area contributed by atoms with Gasteiger partial charge in [-0.05, 0) is 42.6 Å². The molecule has 1 aliphatic rings. The SMILES string of the molecule is C[Si](C)(C)CCOCn1c(-c2ccc(OC(F)F)c(OC3CC3)c2)c(O)c2c(=O)n(Cc3ccccc3)ncc21. The van der Waals surface area contributed by atoms with E-state index in [0.717, 1.165) is 24.4 Å². The lowest BCUT2D eigenvalue weighted by Gasteiger charge is -2.17. The maximum Gasteiger partial charge on any atom is 0.387 e. The first-order valence-corrected chi connectivity index (χ1v) is 17.0. The van der Waals surface area contributed by atoms with Crippen molar-refractivity contribution in [2.75, 3.05) is 6.61 Å². The summed E-state index contributed by atoms with van der Waals surface area (Å²) in [7, 11) is -1.35. The zero-order valence-electron chi connectivity index (χ0n) is 22.8. The molecule has 212 valence electrons. The first-order chi connectivity index (χ1) is 19.1. The maximum atomic E-state index is 13.6. The first kappa shape index (κ1) is 27.8. The van der Waals surface area contributed by atoms with Crippen molar-refractivity contribution in [1.82, 2.24) is 14.3 Å². The van der Waals surface area contributed by atoms with Crippen LogP contribution in [0.5, 0.6) is 17.2 Å². The summed E-state index contributed by atoms with van der Waals surface area (Å²) >= 11 is 0. The molecule has 0 amide bonds. The Morgan fingerprint density at radius 1 is 1.10 bits per heavy atom. The van der Waals surface area contributed by atoms with E-state index in [1.807, 2.05) is 30.3 Å². The maximum absolute atomic E-state index is 13.6. The summed E-state index contributed by atoms with van der Waals surface area (Å²) in [6.07, 6.45) is 3.11. The van der Waals surface area contributed by atoms with Gasteiger partial charge in [0.2, 0.25) is 0 Å². The zero-order valence-corrected chi connectivity index (χ0v) is 23.8. The molecule has 0 radical (unpaired) electrons. The molecule has 0 bridgehead atoms. The number of halogens is 2. The molecule has 8 nitrogen and oxygen atoms in total. The molecule has 2 aromatic heterocycles. The quantitative estimate of drug-likeness (QED) is 0.165. The molecular formula is C29H33F2N3O5Si. The van der Waals surface area contributed by atoms with Gasteiger partial charge in [0.15, 0.2) is 17.2 Å². The molecule has 4 aromatic rings. The largest absolute Gasteiger partial charge is 0.505 e. The molecule has 1 aliphatic carbocycles. The van der Waals surface area contributed by atoms with Gasteiger partial charge >= 0.3 is 6.61 Å². The molecule has 5 rings (SSSR count). The number of hydrogen-bond acceptors (Lipinski definition) is 6. The van der Waals surface area contributed by atoms with Crippen molar-refractivity contribution in [3.05, 3.63) is 70.6 Å². The second kappa shape index (κ2) is 11.4. The van der Waals surface area contributed by atoms with Gasteiger partial charge in [0.25, 0.3) is 5.56 Å². The van der Waals surface area contributed by atoms with Crippen molar-refractivity contribution in [2.45, 2.75) is 64.5 Å². The summed E-state index contributed by atoms with van der Waals surface area (Å²) in [5.74, 6) is -0.181. The minimum absolute atomic E-state index is 0.0643. The van der Waals surface area contributed by atoms with Crippen LogP contribution in [0, 0.1) is 0 Å². The molecular weight excluding hydrogens is 536 g/mol. The van der Waals surface area contributed by atoms with Gasteiger partial charge in [0.05, 0.1) is 30.1 Å². The van der Waals surface area contributed by atoms with Crippen LogP contribution in [0.1, 0.15) is 18.4 Å². The lowest BCUT2D eigenvalue weighted by atomic mass is 10.1. The monoisotopic (exact) mass is 569 g/mol. The normalized spacial score (nSPS) is 13.8. The van der Waals surface area contributed by atoms with Crippen LogP contribution >= 0.6 is 0 Å². The molecule has 2 aromatic carbocycles. The van der Waals surface area contributed by atoms with Gasteiger partial charge in [0, 0.05) is 20.2 Å². The summed E-state index contributed by atoms with van der Waals surface area (Å²) in [6.45, 7) is 4.56. The third-order valence-electron chi connectivity index (χ3n) is 6.69. The lowest BCUT2D eigenvalue weighted by molar-refractivity contribution is -0.0516. The van der Waals surface area contributed by atoms with Crippen molar-refractivity contribution < 1.29 is 28.1 Å². The minimum atomic E-state index is -3.01. The fourth-order valence-corrected chi connectivity index (χ4v) is 5.17. The summed E-state index contributed by atoms with van der Waals surface area (Å²) in [5, 5.41) is 16.0. The lowest BCUT2D eigenvalue weighted by Crippen LogP contribution is -2.23. The molecule has 0 spiro atoms. The fourth-order valence-electron chi connectivity index (χ4n) is 4.41. The van der Waals surface area contributed by atoms with Crippen LogP contribution in [0.2, 0.25) is 25.7 Å². The van der Waals surface area contributed by atoms with Gasteiger partial charge in [0.1, 0.15) is 12.1 Å². The van der Waals surface area contributed by atoms with E-state index in [4.69, 9.17) is 9.47 Å². The summed E-state index contributed by atoms with van der Waals surface area (Å²) < 4.78 is 45.7. The minimum Gasteiger partial charge on any atom is -0.505 e.